The summed E-state index contributed by atoms with van der Waals surface area (Å²) in [4.78, 5) is 10.7. The van der Waals surface area contributed by atoms with E-state index in [-0.39, 0.29) is 12.4 Å². The number of ether oxygens (including phenoxy) is 2. The van der Waals surface area contributed by atoms with E-state index >= 15 is 0 Å². The van der Waals surface area contributed by atoms with Gasteiger partial charge in [0.2, 0.25) is 6.79 Å². The van der Waals surface area contributed by atoms with E-state index in [1.807, 2.05) is 0 Å². The van der Waals surface area contributed by atoms with E-state index in [1.165, 1.54) is 0 Å². The zero-order valence-electron chi connectivity index (χ0n) is 8.47. The van der Waals surface area contributed by atoms with Crippen molar-refractivity contribution in [2.45, 2.75) is 6.04 Å². The largest absolute Gasteiger partial charge is 0.478 e. The average molecular weight is 221 g/mol. The average Bonchev–Trinajstić information content (AvgIpc) is 2.73. The van der Waals surface area contributed by atoms with Gasteiger partial charge < -0.3 is 20.3 Å². The van der Waals surface area contributed by atoms with Gasteiger partial charge in [-0.25, -0.2) is 4.79 Å². The Morgan fingerprint density at radius 2 is 2.12 bits per heavy atom. The molecule has 1 aliphatic rings. The molecule has 0 bridgehead atoms. The van der Waals surface area contributed by atoms with Gasteiger partial charge in [-0.05, 0) is 17.7 Å². The number of carbonyl (C=O) groups is 1. The van der Waals surface area contributed by atoms with Crippen molar-refractivity contribution in [3.63, 3.8) is 0 Å². The highest BCUT2D eigenvalue weighted by Gasteiger charge is 2.20. The Bertz CT molecular complexity index is 455. The van der Waals surface area contributed by atoms with Gasteiger partial charge in [-0.3, -0.25) is 0 Å². The van der Waals surface area contributed by atoms with Crippen molar-refractivity contribution in [2.75, 3.05) is 6.79 Å². The molecular weight excluding hydrogens is 210 g/mol. The minimum Gasteiger partial charge on any atom is -0.478 e. The van der Waals surface area contributed by atoms with E-state index in [1.54, 1.807) is 18.2 Å². The van der Waals surface area contributed by atoms with E-state index < -0.39 is 12.0 Å². The van der Waals surface area contributed by atoms with Crippen molar-refractivity contribution < 1.29 is 19.4 Å². The molecule has 0 amide bonds. The van der Waals surface area contributed by atoms with Gasteiger partial charge in [0, 0.05) is 0 Å². The van der Waals surface area contributed by atoms with Gasteiger partial charge in [-0.2, -0.15) is 0 Å². The van der Waals surface area contributed by atoms with Gasteiger partial charge >= 0.3 is 5.97 Å². The molecule has 84 valence electrons. The fourth-order valence-electron chi connectivity index (χ4n) is 1.44. The monoisotopic (exact) mass is 221 g/mol. The number of benzene rings is 1. The van der Waals surface area contributed by atoms with Crippen molar-refractivity contribution in [2.24, 2.45) is 5.73 Å². The molecule has 1 atom stereocenters. The van der Waals surface area contributed by atoms with Gasteiger partial charge in [-0.15, -0.1) is 0 Å². The Morgan fingerprint density at radius 1 is 1.44 bits per heavy atom. The van der Waals surface area contributed by atoms with Crippen molar-refractivity contribution in [3.8, 4) is 11.5 Å². The maximum atomic E-state index is 10.7. The third-order valence-electron chi connectivity index (χ3n) is 2.41. The molecule has 0 saturated carbocycles. The van der Waals surface area contributed by atoms with Gasteiger partial charge in [-0.1, -0.05) is 12.6 Å². The number of hydrogen-bond donors (Lipinski definition) is 2. The Morgan fingerprint density at radius 3 is 2.81 bits per heavy atom. The number of rotatable bonds is 3. The van der Waals surface area contributed by atoms with Gasteiger partial charge in [0.1, 0.15) is 0 Å². The molecule has 2 rings (SSSR count). The van der Waals surface area contributed by atoms with Crippen molar-refractivity contribution >= 4 is 5.97 Å². The van der Waals surface area contributed by atoms with E-state index in [0.717, 1.165) is 0 Å². The first-order valence-corrected chi connectivity index (χ1v) is 4.67. The van der Waals surface area contributed by atoms with Gasteiger partial charge in [0.05, 0.1) is 11.6 Å². The minimum absolute atomic E-state index is 0.0566. The zero-order valence-corrected chi connectivity index (χ0v) is 8.47. The molecule has 3 N–H and O–H groups in total. The van der Waals surface area contributed by atoms with Crippen LogP contribution in [0.5, 0.6) is 11.5 Å². The maximum Gasteiger partial charge on any atom is 0.332 e. The lowest BCUT2D eigenvalue weighted by Gasteiger charge is -2.12. The van der Waals surface area contributed by atoms with Gasteiger partial charge in [0.25, 0.3) is 0 Å². The molecule has 16 heavy (non-hydrogen) atoms. The summed E-state index contributed by atoms with van der Waals surface area (Å²) in [6.45, 7) is 3.60. The molecule has 5 heteroatoms. The van der Waals surface area contributed by atoms with Crippen LogP contribution in [0.4, 0.5) is 0 Å². The van der Waals surface area contributed by atoms with Crippen molar-refractivity contribution in [3.05, 3.63) is 35.9 Å². The molecule has 0 unspecified atom stereocenters. The first-order chi connectivity index (χ1) is 7.59. The van der Waals surface area contributed by atoms with E-state index in [9.17, 15) is 4.79 Å². The van der Waals surface area contributed by atoms with Crippen molar-refractivity contribution in [1.82, 2.24) is 0 Å². The Labute approximate surface area is 92.1 Å². The van der Waals surface area contributed by atoms with Crippen LogP contribution in [0.25, 0.3) is 0 Å². The topological polar surface area (TPSA) is 81.8 Å². The zero-order chi connectivity index (χ0) is 11.7. The lowest BCUT2D eigenvalue weighted by Crippen LogP contribution is -2.18. The third kappa shape index (κ3) is 1.72. The number of carboxylic acid groups (broad SMARTS) is 1. The van der Waals surface area contributed by atoms with Crippen LogP contribution in [0.2, 0.25) is 0 Å². The fraction of sp³-hybridized carbons (Fsp3) is 0.182. The second kappa shape index (κ2) is 3.86. The summed E-state index contributed by atoms with van der Waals surface area (Å²) in [5.41, 5.74) is 6.34. The third-order valence-corrected chi connectivity index (χ3v) is 2.41. The summed E-state index contributed by atoms with van der Waals surface area (Å²) in [6, 6.07) is 4.33. The first-order valence-electron chi connectivity index (χ1n) is 4.67. The summed E-state index contributed by atoms with van der Waals surface area (Å²) in [5.74, 6) is 0.105. The lowest BCUT2D eigenvalue weighted by molar-refractivity contribution is -0.132. The van der Waals surface area contributed by atoms with Crippen LogP contribution in [-0.4, -0.2) is 17.9 Å². The van der Waals surface area contributed by atoms with E-state index in [4.69, 9.17) is 20.3 Å². The van der Waals surface area contributed by atoms with Crippen LogP contribution in [0.3, 0.4) is 0 Å². The second-order valence-electron chi connectivity index (χ2n) is 3.42. The first kappa shape index (κ1) is 10.5. The molecule has 5 nitrogen and oxygen atoms in total. The highest BCUT2D eigenvalue weighted by atomic mass is 16.7. The number of carboxylic acids is 1. The molecule has 0 spiro atoms. The maximum absolute atomic E-state index is 10.7. The lowest BCUT2D eigenvalue weighted by atomic mass is 10.0. The molecule has 0 saturated heterocycles. The van der Waals surface area contributed by atoms with E-state index in [0.29, 0.717) is 17.1 Å². The number of fused-ring (bicyclic) bond motifs is 1. The van der Waals surface area contributed by atoms with Crippen LogP contribution in [0, 0.1) is 0 Å². The number of nitrogens with two attached hydrogens (primary N) is 1. The van der Waals surface area contributed by atoms with Crippen LogP contribution >= 0.6 is 0 Å². The predicted octanol–water partition coefficient (Wildman–Crippen LogP) is 1.06. The standard InChI is InChI=1S/C11H11NO4/c1-6(11(13)14)10(12)7-2-3-8-9(4-7)16-5-15-8/h2-4,10H,1,5,12H2,(H,13,14)/t10-/m1/s1. The van der Waals surface area contributed by atoms with Crippen molar-refractivity contribution in [1.29, 1.82) is 0 Å². The second-order valence-corrected chi connectivity index (χ2v) is 3.42. The summed E-state index contributed by atoms with van der Waals surface area (Å²) in [5, 5.41) is 8.77. The summed E-state index contributed by atoms with van der Waals surface area (Å²) in [6.07, 6.45) is 0. The molecule has 1 aliphatic heterocycles. The predicted molar refractivity (Wildman–Crippen MR) is 56.3 cm³/mol. The molecule has 0 aliphatic carbocycles. The molecule has 1 aromatic carbocycles. The smallest absolute Gasteiger partial charge is 0.332 e. The molecular formula is C11H11NO4. The summed E-state index contributed by atoms with van der Waals surface area (Å²) >= 11 is 0. The number of aliphatic carboxylic acids is 1. The highest BCUT2D eigenvalue weighted by Crippen LogP contribution is 2.34. The Balaban J connectivity index is 2.28. The molecule has 0 fully saturated rings. The molecule has 0 radical (unpaired) electrons. The summed E-state index contributed by atoms with van der Waals surface area (Å²) in [7, 11) is 0. The highest BCUT2D eigenvalue weighted by molar-refractivity contribution is 5.87. The van der Waals surface area contributed by atoms with Crippen LogP contribution < -0.4 is 15.2 Å². The van der Waals surface area contributed by atoms with Crippen LogP contribution in [0.1, 0.15) is 11.6 Å². The quantitative estimate of drug-likeness (QED) is 0.746. The van der Waals surface area contributed by atoms with Gasteiger partial charge in [0.15, 0.2) is 11.5 Å². The van der Waals surface area contributed by atoms with E-state index in [2.05, 4.69) is 6.58 Å². The van der Waals surface area contributed by atoms with Crippen LogP contribution in [0.15, 0.2) is 30.4 Å². The molecule has 1 heterocycles. The summed E-state index contributed by atoms with van der Waals surface area (Å²) < 4.78 is 10.3. The minimum atomic E-state index is -1.11. The van der Waals surface area contributed by atoms with Crippen LogP contribution in [-0.2, 0) is 4.79 Å². The Hall–Kier alpha value is -2.01. The SMILES string of the molecule is C=C(C(=O)O)[C@@H](N)c1ccc2c(c1)OCO2. The fourth-order valence-corrected chi connectivity index (χ4v) is 1.44. The molecule has 0 aromatic heterocycles. The Kier molecular flexibility index (Phi) is 2.54. The normalized spacial score (nSPS) is 14.6. The number of hydrogen-bond acceptors (Lipinski definition) is 4. The molecule has 1 aromatic rings.